The first-order chi connectivity index (χ1) is 20.4. The average molecular weight is 654 g/mol. The Hall–Kier alpha value is -3.06. The van der Waals surface area contributed by atoms with Crippen molar-refractivity contribution in [1.82, 2.24) is 30.5 Å². The fraction of sp³-hybridized carbons (Fsp3) is 0.483. The summed E-state index contributed by atoms with van der Waals surface area (Å²) in [5.41, 5.74) is 1.00. The highest BCUT2D eigenvalue weighted by Gasteiger charge is 2.28. The Bertz CT molecular complexity index is 1420. The predicted octanol–water partition coefficient (Wildman–Crippen LogP) is 3.96. The topological polar surface area (TPSA) is 140 Å². The number of hydrogen-bond donors (Lipinski definition) is 4. The first-order valence-corrected chi connectivity index (χ1v) is 16.6. The molecule has 2 aliphatic heterocycles. The van der Waals surface area contributed by atoms with Gasteiger partial charge < -0.3 is 25.8 Å². The Morgan fingerprint density at radius 3 is 2.14 bits per heavy atom. The van der Waals surface area contributed by atoms with Crippen LogP contribution in [0.25, 0.3) is 0 Å². The molecule has 4 N–H and O–H groups in total. The van der Waals surface area contributed by atoms with Crippen LogP contribution in [0.1, 0.15) is 55.5 Å². The molecule has 234 valence electrons. The second-order valence-corrected chi connectivity index (χ2v) is 13.7. The maximum Gasteiger partial charge on any atom is 0.317 e. The molecule has 0 aromatic heterocycles. The molecule has 2 aromatic carbocycles. The van der Waals surface area contributed by atoms with Gasteiger partial charge in [-0.1, -0.05) is 35.3 Å². The van der Waals surface area contributed by atoms with Crippen LogP contribution in [0.4, 0.5) is 9.59 Å². The van der Waals surface area contributed by atoms with Gasteiger partial charge in [0.25, 0.3) is 5.91 Å². The summed E-state index contributed by atoms with van der Waals surface area (Å²) in [5, 5.41) is 9.69. The number of halogens is 2. The SMILES string of the molecule is CC(C)NC(=O)N1CCC(NS(=O)(=O)c2cccc(C(=O)NC3CCN(C(=O)NCc4ccc(Cl)cc4Cl)CC3)c2)CC1. The van der Waals surface area contributed by atoms with Crippen LogP contribution in [0.2, 0.25) is 10.0 Å². The van der Waals surface area contributed by atoms with Gasteiger partial charge in [-0.05, 0) is 75.4 Å². The van der Waals surface area contributed by atoms with Crippen LogP contribution in [-0.4, -0.2) is 80.5 Å². The van der Waals surface area contributed by atoms with Crippen molar-refractivity contribution < 1.29 is 22.8 Å². The fourth-order valence-electron chi connectivity index (χ4n) is 5.07. The Kier molecular flexibility index (Phi) is 11.2. The molecular formula is C29H38Cl2N6O5S. The first kappa shape index (κ1) is 32.8. The van der Waals surface area contributed by atoms with Gasteiger partial charge in [0.2, 0.25) is 10.0 Å². The molecule has 0 radical (unpaired) electrons. The van der Waals surface area contributed by atoms with E-state index in [0.717, 1.165) is 5.56 Å². The van der Waals surface area contributed by atoms with Crippen LogP contribution in [0, 0.1) is 0 Å². The molecule has 0 unspecified atom stereocenters. The van der Waals surface area contributed by atoms with E-state index in [2.05, 4.69) is 20.7 Å². The summed E-state index contributed by atoms with van der Waals surface area (Å²) in [5.74, 6) is -0.373. The fourth-order valence-corrected chi connectivity index (χ4v) is 6.90. The zero-order chi connectivity index (χ0) is 31.1. The molecule has 5 amide bonds. The number of urea groups is 2. The van der Waals surface area contributed by atoms with Gasteiger partial charge in [-0.25, -0.2) is 22.7 Å². The van der Waals surface area contributed by atoms with Crippen LogP contribution in [-0.2, 0) is 16.6 Å². The van der Waals surface area contributed by atoms with Crippen molar-refractivity contribution in [3.05, 3.63) is 63.6 Å². The third-order valence-electron chi connectivity index (χ3n) is 7.49. The number of hydrogen-bond acceptors (Lipinski definition) is 5. The lowest BCUT2D eigenvalue weighted by atomic mass is 10.0. The quantitative estimate of drug-likeness (QED) is 0.342. The molecule has 0 spiro atoms. The molecule has 2 saturated heterocycles. The molecule has 0 aliphatic carbocycles. The highest BCUT2D eigenvalue weighted by atomic mass is 35.5. The van der Waals surface area contributed by atoms with Crippen molar-refractivity contribution in [2.75, 3.05) is 26.2 Å². The van der Waals surface area contributed by atoms with Gasteiger partial charge in [0.05, 0.1) is 4.90 Å². The van der Waals surface area contributed by atoms with Crippen LogP contribution in [0.3, 0.4) is 0 Å². The van der Waals surface area contributed by atoms with E-state index in [-0.39, 0.29) is 53.1 Å². The molecule has 0 saturated carbocycles. The number of likely N-dealkylation sites (tertiary alicyclic amines) is 2. The van der Waals surface area contributed by atoms with Gasteiger partial charge in [-0.2, -0.15) is 0 Å². The number of amides is 5. The molecule has 14 heteroatoms. The average Bonchev–Trinajstić information content (AvgIpc) is 2.97. The zero-order valence-corrected chi connectivity index (χ0v) is 26.6. The van der Waals surface area contributed by atoms with Gasteiger partial charge >= 0.3 is 12.1 Å². The molecule has 2 aromatic rings. The van der Waals surface area contributed by atoms with Crippen LogP contribution in [0.5, 0.6) is 0 Å². The number of piperidine rings is 2. The molecular weight excluding hydrogens is 615 g/mol. The van der Waals surface area contributed by atoms with Crippen molar-refractivity contribution in [3.8, 4) is 0 Å². The second-order valence-electron chi connectivity index (χ2n) is 11.1. The molecule has 43 heavy (non-hydrogen) atoms. The van der Waals surface area contributed by atoms with E-state index in [9.17, 15) is 22.8 Å². The van der Waals surface area contributed by atoms with Crippen molar-refractivity contribution in [2.45, 2.75) is 69.1 Å². The van der Waals surface area contributed by atoms with Gasteiger partial charge in [-0.15, -0.1) is 0 Å². The Morgan fingerprint density at radius 1 is 0.884 bits per heavy atom. The van der Waals surface area contributed by atoms with Crippen molar-refractivity contribution in [3.63, 3.8) is 0 Å². The summed E-state index contributed by atoms with van der Waals surface area (Å²) in [4.78, 5) is 41.2. The van der Waals surface area contributed by atoms with E-state index < -0.39 is 10.0 Å². The largest absolute Gasteiger partial charge is 0.349 e. The summed E-state index contributed by atoms with van der Waals surface area (Å²) in [6.07, 6.45) is 2.12. The molecule has 11 nitrogen and oxygen atoms in total. The zero-order valence-electron chi connectivity index (χ0n) is 24.2. The van der Waals surface area contributed by atoms with Crippen molar-refractivity contribution in [2.24, 2.45) is 0 Å². The van der Waals surface area contributed by atoms with Gasteiger partial charge in [0.15, 0.2) is 0 Å². The Labute approximate surface area is 262 Å². The minimum Gasteiger partial charge on any atom is -0.349 e. The number of carbonyl (C=O) groups is 3. The summed E-state index contributed by atoms with van der Waals surface area (Å²) in [7, 11) is -3.87. The number of nitrogens with zero attached hydrogens (tertiary/aromatic N) is 2. The van der Waals surface area contributed by atoms with E-state index in [0.29, 0.717) is 61.9 Å². The monoisotopic (exact) mass is 652 g/mol. The lowest BCUT2D eigenvalue weighted by Crippen LogP contribution is -2.50. The van der Waals surface area contributed by atoms with Gasteiger partial charge in [0, 0.05) is 66.5 Å². The van der Waals surface area contributed by atoms with Gasteiger partial charge in [0.1, 0.15) is 0 Å². The molecule has 0 bridgehead atoms. The minimum atomic E-state index is -3.87. The second kappa shape index (κ2) is 14.6. The Morgan fingerprint density at radius 2 is 1.51 bits per heavy atom. The van der Waals surface area contributed by atoms with Crippen molar-refractivity contribution >= 4 is 51.2 Å². The van der Waals surface area contributed by atoms with Crippen LogP contribution in [0.15, 0.2) is 47.4 Å². The number of sulfonamides is 1. The maximum atomic E-state index is 13.1. The predicted molar refractivity (Wildman–Crippen MR) is 166 cm³/mol. The normalized spacial score (nSPS) is 16.7. The third-order valence-corrected chi connectivity index (χ3v) is 9.59. The number of rotatable bonds is 8. The number of carbonyl (C=O) groups excluding carboxylic acids is 3. The highest BCUT2D eigenvalue weighted by Crippen LogP contribution is 2.21. The summed E-state index contributed by atoms with van der Waals surface area (Å²) in [6.45, 7) is 5.87. The Balaban J connectivity index is 1.24. The molecule has 4 rings (SSSR count). The third kappa shape index (κ3) is 9.21. The maximum absolute atomic E-state index is 13.1. The summed E-state index contributed by atoms with van der Waals surface area (Å²) >= 11 is 12.1. The summed E-state index contributed by atoms with van der Waals surface area (Å²) < 4.78 is 28.9. The summed E-state index contributed by atoms with van der Waals surface area (Å²) in [6, 6.07) is 10.2. The lowest BCUT2D eigenvalue weighted by molar-refractivity contribution is 0.0917. The standard InChI is InChI=1S/C29H38Cl2N6O5S/c1-19(2)33-29(40)37-14-10-24(11-15-37)35-43(41,42)25-5-3-4-20(16-25)27(38)34-23-8-12-36(13-9-23)28(39)32-18-21-6-7-22(30)17-26(21)31/h3-7,16-17,19,23-24,35H,8-15,18H2,1-2H3,(H,32,39)(H,33,40)(H,34,38). The van der Waals surface area contributed by atoms with E-state index in [4.69, 9.17) is 23.2 Å². The molecule has 2 heterocycles. The molecule has 2 fully saturated rings. The van der Waals surface area contributed by atoms with Crippen molar-refractivity contribution in [1.29, 1.82) is 0 Å². The van der Waals surface area contributed by atoms with Crippen LogP contribution >= 0.6 is 23.2 Å². The van der Waals surface area contributed by atoms with E-state index in [1.54, 1.807) is 40.1 Å². The first-order valence-electron chi connectivity index (χ1n) is 14.4. The molecule has 2 aliphatic rings. The van der Waals surface area contributed by atoms with E-state index in [1.165, 1.54) is 12.1 Å². The lowest BCUT2D eigenvalue weighted by Gasteiger charge is -2.33. The van der Waals surface area contributed by atoms with Crippen LogP contribution < -0.4 is 20.7 Å². The molecule has 0 atom stereocenters. The van der Waals surface area contributed by atoms with Gasteiger partial charge in [-0.3, -0.25) is 4.79 Å². The van der Waals surface area contributed by atoms with E-state index in [1.807, 2.05) is 13.8 Å². The number of nitrogens with one attached hydrogen (secondary N) is 4. The highest BCUT2D eigenvalue weighted by molar-refractivity contribution is 7.89. The smallest absolute Gasteiger partial charge is 0.317 e. The number of benzene rings is 2. The van der Waals surface area contributed by atoms with E-state index >= 15 is 0 Å². The minimum absolute atomic E-state index is 0.00686.